The molecule has 0 bridgehead atoms. The molecule has 4 nitrogen and oxygen atoms in total. The lowest BCUT2D eigenvalue weighted by Crippen LogP contribution is -2.07. The molecule has 0 aliphatic rings. The van der Waals surface area contributed by atoms with Gasteiger partial charge in [0.1, 0.15) is 11.3 Å². The minimum absolute atomic E-state index is 0.444. The van der Waals surface area contributed by atoms with E-state index in [1.165, 1.54) is 0 Å². The minimum Gasteiger partial charge on any atom is -0.459 e. The second-order valence-corrected chi connectivity index (χ2v) is 5.22. The van der Waals surface area contributed by atoms with E-state index in [-0.39, 0.29) is 0 Å². The van der Waals surface area contributed by atoms with Gasteiger partial charge in [-0.25, -0.2) is 0 Å². The quantitative estimate of drug-likeness (QED) is 0.804. The molecule has 0 saturated heterocycles. The van der Waals surface area contributed by atoms with E-state index in [4.69, 9.17) is 21.8 Å². The number of fused-ring (bicyclic) bond motifs is 1. The van der Waals surface area contributed by atoms with E-state index in [0.717, 1.165) is 33.7 Å². The second-order valence-electron chi connectivity index (χ2n) is 4.85. The third-order valence-electron chi connectivity index (χ3n) is 3.57. The highest BCUT2D eigenvalue weighted by Crippen LogP contribution is 2.27. The minimum atomic E-state index is 0.444. The molecule has 2 N–H and O–H groups in total. The summed E-state index contributed by atoms with van der Waals surface area (Å²) in [6, 6.07) is 7.92. The number of rotatable bonds is 3. The Hall–Kier alpha value is -1.78. The Kier molecular flexibility index (Phi) is 3.28. The zero-order valence-corrected chi connectivity index (χ0v) is 12.2. The lowest BCUT2D eigenvalue weighted by atomic mass is 10.1. The molecule has 0 amide bonds. The Bertz CT molecular complexity index is 773. The topological polar surface area (TPSA) is 57.0 Å². The maximum Gasteiger partial charge on any atom is 0.134 e. The molecule has 0 aliphatic carbocycles. The number of nitrogens with zero attached hydrogens (tertiary/aromatic N) is 2. The number of hydrogen-bond acceptors (Lipinski definition) is 3. The fourth-order valence-corrected chi connectivity index (χ4v) is 2.60. The maximum absolute atomic E-state index is 6.18. The zero-order chi connectivity index (χ0) is 14.3. The molecule has 3 rings (SSSR count). The smallest absolute Gasteiger partial charge is 0.134 e. The summed E-state index contributed by atoms with van der Waals surface area (Å²) in [6.07, 6.45) is 0. The number of aromatic nitrogens is 2. The van der Waals surface area contributed by atoms with Crippen molar-refractivity contribution in [3.63, 3.8) is 0 Å². The number of halogens is 1. The van der Waals surface area contributed by atoms with Crippen molar-refractivity contribution in [2.45, 2.75) is 26.9 Å². The number of para-hydroxylation sites is 1. The van der Waals surface area contributed by atoms with Crippen LogP contribution >= 0.6 is 11.6 Å². The molecule has 5 heteroatoms. The van der Waals surface area contributed by atoms with Gasteiger partial charge in [-0.3, -0.25) is 4.68 Å². The number of nitrogens with two attached hydrogens (primary N) is 1. The molecular weight excluding hydrogens is 274 g/mol. The van der Waals surface area contributed by atoms with Crippen molar-refractivity contribution in [3.05, 3.63) is 52.0 Å². The first kappa shape index (κ1) is 13.2. The Morgan fingerprint density at radius 3 is 2.70 bits per heavy atom. The Labute approximate surface area is 122 Å². The van der Waals surface area contributed by atoms with Crippen LogP contribution in [-0.2, 0) is 13.1 Å². The van der Waals surface area contributed by atoms with Crippen molar-refractivity contribution in [2.24, 2.45) is 5.73 Å². The van der Waals surface area contributed by atoms with Crippen molar-refractivity contribution >= 4 is 22.6 Å². The Morgan fingerprint density at radius 1 is 1.30 bits per heavy atom. The molecular formula is C15H16ClN3O. The van der Waals surface area contributed by atoms with Crippen molar-refractivity contribution in [1.82, 2.24) is 9.78 Å². The normalized spacial score (nSPS) is 11.4. The highest BCUT2D eigenvalue weighted by molar-refractivity contribution is 6.31. The summed E-state index contributed by atoms with van der Waals surface area (Å²) < 4.78 is 7.77. The van der Waals surface area contributed by atoms with Crippen LogP contribution in [0.1, 0.15) is 22.7 Å². The van der Waals surface area contributed by atoms with Crippen LogP contribution in [0.5, 0.6) is 0 Å². The van der Waals surface area contributed by atoms with Gasteiger partial charge in [-0.1, -0.05) is 29.8 Å². The number of furan rings is 1. The molecule has 3 aromatic rings. The molecule has 104 valence electrons. The van der Waals surface area contributed by atoms with Gasteiger partial charge in [0.15, 0.2) is 0 Å². The number of benzene rings is 1. The molecule has 2 aromatic heterocycles. The van der Waals surface area contributed by atoms with E-state index in [1.807, 2.05) is 42.8 Å². The van der Waals surface area contributed by atoms with Gasteiger partial charge in [-0.2, -0.15) is 5.10 Å². The first-order valence-corrected chi connectivity index (χ1v) is 6.88. The third-order valence-corrected chi connectivity index (χ3v) is 4.12. The van der Waals surface area contributed by atoms with E-state index in [0.29, 0.717) is 18.1 Å². The lowest BCUT2D eigenvalue weighted by Gasteiger charge is -2.03. The van der Waals surface area contributed by atoms with Crippen LogP contribution in [0.3, 0.4) is 0 Å². The second kappa shape index (κ2) is 4.96. The van der Waals surface area contributed by atoms with E-state index >= 15 is 0 Å². The number of aryl methyl sites for hydroxylation is 1. The molecule has 0 aliphatic heterocycles. The fourth-order valence-electron chi connectivity index (χ4n) is 2.47. The molecule has 0 radical (unpaired) electrons. The van der Waals surface area contributed by atoms with Crippen LogP contribution in [-0.4, -0.2) is 9.78 Å². The number of hydrogen-bond donors (Lipinski definition) is 1. The van der Waals surface area contributed by atoms with Gasteiger partial charge in [0, 0.05) is 17.5 Å². The summed E-state index contributed by atoms with van der Waals surface area (Å²) in [5.41, 5.74) is 9.53. The third kappa shape index (κ3) is 2.01. The van der Waals surface area contributed by atoms with E-state index in [2.05, 4.69) is 5.10 Å². The SMILES string of the molecule is Cc1nn(Cc2oc3ccccc3c2CN)c(C)c1Cl. The highest BCUT2D eigenvalue weighted by Gasteiger charge is 2.16. The van der Waals surface area contributed by atoms with Gasteiger partial charge in [0.05, 0.1) is 23.0 Å². The summed E-state index contributed by atoms with van der Waals surface area (Å²) in [5.74, 6) is 0.843. The Balaban J connectivity index is 2.08. The van der Waals surface area contributed by atoms with Crippen LogP contribution < -0.4 is 5.73 Å². The van der Waals surface area contributed by atoms with Crippen molar-refractivity contribution in [3.8, 4) is 0 Å². The Morgan fingerprint density at radius 2 is 2.05 bits per heavy atom. The van der Waals surface area contributed by atoms with Crippen molar-refractivity contribution < 1.29 is 4.42 Å². The van der Waals surface area contributed by atoms with Gasteiger partial charge in [-0.05, 0) is 19.9 Å². The molecule has 2 heterocycles. The first-order valence-electron chi connectivity index (χ1n) is 6.50. The van der Waals surface area contributed by atoms with Crippen LogP contribution in [0.2, 0.25) is 5.02 Å². The molecule has 1 aromatic carbocycles. The summed E-state index contributed by atoms with van der Waals surface area (Å²) >= 11 is 6.18. The average molecular weight is 290 g/mol. The summed E-state index contributed by atoms with van der Waals surface area (Å²) in [6.45, 7) is 4.83. The van der Waals surface area contributed by atoms with Crippen LogP contribution in [0.15, 0.2) is 28.7 Å². The predicted octanol–water partition coefficient (Wildman–Crippen LogP) is 3.41. The zero-order valence-electron chi connectivity index (χ0n) is 11.5. The highest BCUT2D eigenvalue weighted by atomic mass is 35.5. The van der Waals surface area contributed by atoms with Crippen LogP contribution in [0, 0.1) is 13.8 Å². The monoisotopic (exact) mass is 289 g/mol. The van der Waals surface area contributed by atoms with E-state index < -0.39 is 0 Å². The average Bonchev–Trinajstić information content (AvgIpc) is 2.92. The van der Waals surface area contributed by atoms with Crippen molar-refractivity contribution in [2.75, 3.05) is 0 Å². The van der Waals surface area contributed by atoms with Gasteiger partial charge in [-0.15, -0.1) is 0 Å². The van der Waals surface area contributed by atoms with Gasteiger partial charge >= 0.3 is 0 Å². The van der Waals surface area contributed by atoms with Gasteiger partial charge in [0.2, 0.25) is 0 Å². The molecule has 0 unspecified atom stereocenters. The van der Waals surface area contributed by atoms with Gasteiger partial charge < -0.3 is 10.2 Å². The summed E-state index contributed by atoms with van der Waals surface area (Å²) in [7, 11) is 0. The van der Waals surface area contributed by atoms with Crippen LogP contribution in [0.25, 0.3) is 11.0 Å². The molecule has 0 spiro atoms. The van der Waals surface area contributed by atoms with E-state index in [9.17, 15) is 0 Å². The predicted molar refractivity (Wildman–Crippen MR) is 79.9 cm³/mol. The van der Waals surface area contributed by atoms with Gasteiger partial charge in [0.25, 0.3) is 0 Å². The largest absolute Gasteiger partial charge is 0.459 e. The summed E-state index contributed by atoms with van der Waals surface area (Å²) in [5, 5.41) is 6.21. The summed E-state index contributed by atoms with van der Waals surface area (Å²) in [4.78, 5) is 0. The van der Waals surface area contributed by atoms with Crippen molar-refractivity contribution in [1.29, 1.82) is 0 Å². The first-order chi connectivity index (χ1) is 9.61. The molecule has 0 saturated carbocycles. The van der Waals surface area contributed by atoms with Crippen LogP contribution in [0.4, 0.5) is 0 Å². The molecule has 0 atom stereocenters. The maximum atomic E-state index is 6.18. The van der Waals surface area contributed by atoms with E-state index in [1.54, 1.807) is 0 Å². The molecule has 0 fully saturated rings. The molecule has 20 heavy (non-hydrogen) atoms. The fraction of sp³-hybridized carbons (Fsp3) is 0.267. The standard InChI is InChI=1S/C15H16ClN3O/c1-9-15(16)10(2)19(18-9)8-14-12(7-17)11-5-3-4-6-13(11)20-14/h3-6H,7-8,17H2,1-2H3. The lowest BCUT2D eigenvalue weighted by molar-refractivity contribution is 0.498.